The van der Waals surface area contributed by atoms with Crippen LogP contribution in [0.5, 0.6) is 11.5 Å². The normalized spacial score (nSPS) is 15.4. The van der Waals surface area contributed by atoms with Gasteiger partial charge in [0.05, 0.1) is 13.2 Å². The van der Waals surface area contributed by atoms with Gasteiger partial charge in [0.25, 0.3) is 0 Å². The lowest BCUT2D eigenvalue weighted by Gasteiger charge is -2.13. The molecule has 1 N–H and O–H groups in total. The lowest BCUT2D eigenvalue weighted by molar-refractivity contribution is -0.0454. The Morgan fingerprint density at radius 1 is 1.05 bits per heavy atom. The van der Waals surface area contributed by atoms with Gasteiger partial charge in [-0.2, -0.15) is 0 Å². The summed E-state index contributed by atoms with van der Waals surface area (Å²) in [5.74, 6) is 0.746. The number of rotatable bonds is 4. The summed E-state index contributed by atoms with van der Waals surface area (Å²) in [6.45, 7) is 1.57. The average molecular weight is 272 g/mol. The molecule has 0 radical (unpaired) electrons. The summed E-state index contributed by atoms with van der Waals surface area (Å²) in [6.07, 6.45) is -0.474. The first kappa shape index (κ1) is 13.0. The summed E-state index contributed by atoms with van der Waals surface area (Å²) in [5.41, 5.74) is 1.72. The third-order valence-corrected chi connectivity index (χ3v) is 3.13. The van der Waals surface area contributed by atoms with Gasteiger partial charge < -0.3 is 19.3 Å². The molecule has 1 fully saturated rings. The molecule has 4 heteroatoms. The number of aromatic hydroxyl groups is 1. The molecule has 1 saturated heterocycles. The van der Waals surface area contributed by atoms with Crippen molar-refractivity contribution in [2.24, 2.45) is 0 Å². The quantitative estimate of drug-likeness (QED) is 0.929. The molecule has 1 aliphatic rings. The van der Waals surface area contributed by atoms with Crippen LogP contribution in [0.3, 0.4) is 0 Å². The van der Waals surface area contributed by atoms with Crippen LogP contribution in [0.25, 0.3) is 0 Å². The molecule has 3 rings (SSSR count). The van der Waals surface area contributed by atoms with Crippen molar-refractivity contribution in [1.82, 2.24) is 0 Å². The average Bonchev–Trinajstić information content (AvgIpc) is 3.00. The van der Waals surface area contributed by atoms with Crippen molar-refractivity contribution in [3.8, 4) is 11.5 Å². The highest BCUT2D eigenvalue weighted by Crippen LogP contribution is 2.33. The summed E-state index contributed by atoms with van der Waals surface area (Å²) in [6, 6.07) is 15.1. The maximum atomic E-state index is 10.0. The van der Waals surface area contributed by atoms with Crippen LogP contribution in [0, 0.1) is 0 Å². The Labute approximate surface area is 117 Å². The van der Waals surface area contributed by atoms with E-state index in [1.807, 2.05) is 36.4 Å². The van der Waals surface area contributed by atoms with Gasteiger partial charge in [-0.15, -0.1) is 0 Å². The van der Waals surface area contributed by atoms with Crippen molar-refractivity contribution in [2.45, 2.75) is 12.9 Å². The summed E-state index contributed by atoms with van der Waals surface area (Å²) in [4.78, 5) is 0. The number of hydrogen-bond acceptors (Lipinski definition) is 4. The lowest BCUT2D eigenvalue weighted by atomic mass is 10.2. The van der Waals surface area contributed by atoms with E-state index in [0.717, 1.165) is 5.56 Å². The topological polar surface area (TPSA) is 47.9 Å². The standard InChI is InChI=1S/C16H16O4/c17-15-10-13(20-11-12-4-2-1-3-5-12)6-7-14(15)16-18-8-9-19-16/h1-7,10,16-17H,8-9,11H2. The van der Waals surface area contributed by atoms with E-state index in [9.17, 15) is 5.11 Å². The van der Waals surface area contributed by atoms with Gasteiger partial charge in [-0.1, -0.05) is 30.3 Å². The molecule has 0 atom stereocenters. The van der Waals surface area contributed by atoms with Gasteiger partial charge in [0.15, 0.2) is 6.29 Å². The second-order valence-electron chi connectivity index (χ2n) is 4.57. The monoisotopic (exact) mass is 272 g/mol. The highest BCUT2D eigenvalue weighted by Gasteiger charge is 2.21. The molecule has 0 unspecified atom stereocenters. The maximum Gasteiger partial charge on any atom is 0.187 e. The second kappa shape index (κ2) is 5.94. The van der Waals surface area contributed by atoms with Crippen molar-refractivity contribution in [3.05, 3.63) is 59.7 Å². The van der Waals surface area contributed by atoms with Gasteiger partial charge in [-0.3, -0.25) is 0 Å². The fourth-order valence-electron chi connectivity index (χ4n) is 2.09. The molecule has 4 nitrogen and oxygen atoms in total. The van der Waals surface area contributed by atoms with Crippen LogP contribution in [0.15, 0.2) is 48.5 Å². The fraction of sp³-hybridized carbons (Fsp3) is 0.250. The molecule has 1 heterocycles. The highest BCUT2D eigenvalue weighted by molar-refractivity contribution is 5.40. The van der Waals surface area contributed by atoms with E-state index >= 15 is 0 Å². The largest absolute Gasteiger partial charge is 0.507 e. The Morgan fingerprint density at radius 2 is 1.80 bits per heavy atom. The molecular formula is C16H16O4. The van der Waals surface area contributed by atoms with Gasteiger partial charge in [0, 0.05) is 11.6 Å². The molecule has 0 bridgehead atoms. The van der Waals surface area contributed by atoms with Crippen LogP contribution in [0.1, 0.15) is 17.4 Å². The smallest absolute Gasteiger partial charge is 0.187 e. The Balaban J connectivity index is 1.67. The molecule has 2 aromatic rings. The zero-order valence-electron chi connectivity index (χ0n) is 11.0. The van der Waals surface area contributed by atoms with Gasteiger partial charge in [-0.05, 0) is 17.7 Å². The zero-order valence-corrected chi connectivity index (χ0v) is 11.0. The molecule has 0 saturated carbocycles. The highest BCUT2D eigenvalue weighted by atomic mass is 16.7. The fourth-order valence-corrected chi connectivity index (χ4v) is 2.09. The molecule has 0 aromatic heterocycles. The van der Waals surface area contributed by atoms with Crippen LogP contribution in [-0.2, 0) is 16.1 Å². The number of ether oxygens (including phenoxy) is 3. The molecule has 0 amide bonds. The Morgan fingerprint density at radius 3 is 2.50 bits per heavy atom. The van der Waals surface area contributed by atoms with Crippen molar-refractivity contribution in [2.75, 3.05) is 13.2 Å². The van der Waals surface area contributed by atoms with Gasteiger partial charge in [0.2, 0.25) is 0 Å². The Bertz CT molecular complexity index is 562. The number of phenols is 1. The van der Waals surface area contributed by atoms with Crippen LogP contribution in [0.2, 0.25) is 0 Å². The van der Waals surface area contributed by atoms with Crippen molar-refractivity contribution < 1.29 is 19.3 Å². The first-order valence-electron chi connectivity index (χ1n) is 6.56. The van der Waals surface area contributed by atoms with Crippen LogP contribution in [-0.4, -0.2) is 18.3 Å². The molecule has 0 spiro atoms. The minimum absolute atomic E-state index is 0.127. The molecule has 2 aromatic carbocycles. The second-order valence-corrected chi connectivity index (χ2v) is 4.57. The number of benzene rings is 2. The number of phenolic OH excluding ortho intramolecular Hbond substituents is 1. The zero-order chi connectivity index (χ0) is 13.8. The minimum Gasteiger partial charge on any atom is -0.507 e. The molecular weight excluding hydrogens is 256 g/mol. The Hall–Kier alpha value is -2.04. The van der Waals surface area contributed by atoms with Gasteiger partial charge >= 0.3 is 0 Å². The van der Waals surface area contributed by atoms with Gasteiger partial charge in [-0.25, -0.2) is 0 Å². The predicted molar refractivity (Wildman–Crippen MR) is 73.5 cm³/mol. The third-order valence-electron chi connectivity index (χ3n) is 3.13. The SMILES string of the molecule is Oc1cc(OCc2ccccc2)ccc1C1OCCO1. The molecule has 20 heavy (non-hydrogen) atoms. The third kappa shape index (κ3) is 2.92. The van der Waals surface area contributed by atoms with E-state index in [4.69, 9.17) is 14.2 Å². The van der Waals surface area contributed by atoms with E-state index < -0.39 is 6.29 Å². The van der Waals surface area contributed by atoms with Crippen molar-refractivity contribution >= 4 is 0 Å². The molecule has 104 valence electrons. The first-order valence-corrected chi connectivity index (χ1v) is 6.56. The van der Waals surface area contributed by atoms with E-state index in [1.165, 1.54) is 0 Å². The Kier molecular flexibility index (Phi) is 3.85. The summed E-state index contributed by atoms with van der Waals surface area (Å²) < 4.78 is 16.4. The van der Waals surface area contributed by atoms with E-state index in [2.05, 4.69) is 0 Å². The maximum absolute atomic E-state index is 10.0. The molecule has 1 aliphatic heterocycles. The summed E-state index contributed by atoms with van der Waals surface area (Å²) in [7, 11) is 0. The van der Waals surface area contributed by atoms with Crippen LogP contribution < -0.4 is 4.74 Å². The van der Waals surface area contributed by atoms with E-state index in [0.29, 0.717) is 31.1 Å². The van der Waals surface area contributed by atoms with Crippen molar-refractivity contribution in [1.29, 1.82) is 0 Å². The minimum atomic E-state index is -0.474. The summed E-state index contributed by atoms with van der Waals surface area (Å²) >= 11 is 0. The first-order chi connectivity index (χ1) is 9.83. The van der Waals surface area contributed by atoms with E-state index in [-0.39, 0.29) is 5.75 Å². The number of hydrogen-bond donors (Lipinski definition) is 1. The van der Waals surface area contributed by atoms with Gasteiger partial charge in [0.1, 0.15) is 18.1 Å². The predicted octanol–water partition coefficient (Wildman–Crippen LogP) is 3.02. The van der Waals surface area contributed by atoms with Crippen LogP contribution in [0.4, 0.5) is 0 Å². The lowest BCUT2D eigenvalue weighted by Crippen LogP contribution is -2.00. The van der Waals surface area contributed by atoms with Crippen LogP contribution >= 0.6 is 0 Å². The summed E-state index contributed by atoms with van der Waals surface area (Å²) in [5, 5.41) is 10.0. The van der Waals surface area contributed by atoms with Crippen molar-refractivity contribution in [3.63, 3.8) is 0 Å². The van der Waals surface area contributed by atoms with E-state index in [1.54, 1.807) is 12.1 Å². The molecule has 0 aliphatic carbocycles.